The summed E-state index contributed by atoms with van der Waals surface area (Å²) < 4.78 is 1.86. The predicted octanol–water partition coefficient (Wildman–Crippen LogP) is 2.88. The van der Waals surface area contributed by atoms with E-state index in [1.807, 2.05) is 31.7 Å². The molecule has 1 amide bonds. The molecule has 0 aromatic carbocycles. The molecule has 126 valence electrons. The number of primary amides is 1. The van der Waals surface area contributed by atoms with Crippen molar-refractivity contribution in [3.63, 3.8) is 0 Å². The zero-order valence-corrected chi connectivity index (χ0v) is 14.5. The second kappa shape index (κ2) is 8.01. The van der Waals surface area contributed by atoms with Gasteiger partial charge in [0, 0.05) is 36.3 Å². The van der Waals surface area contributed by atoms with Gasteiger partial charge in [-0.25, -0.2) is 4.98 Å². The first-order valence-corrected chi connectivity index (χ1v) is 7.33. The Balaban J connectivity index is 3.30. The third-order valence-electron chi connectivity index (χ3n) is 3.42. The minimum absolute atomic E-state index is 0.169. The van der Waals surface area contributed by atoms with Gasteiger partial charge in [0.15, 0.2) is 0 Å². The van der Waals surface area contributed by atoms with E-state index in [9.17, 15) is 4.79 Å². The largest absolute Gasteiger partial charge is 0.366 e. The van der Waals surface area contributed by atoms with Crippen LogP contribution in [0.2, 0.25) is 0 Å². The van der Waals surface area contributed by atoms with Gasteiger partial charge in [-0.3, -0.25) is 4.79 Å². The van der Waals surface area contributed by atoms with Crippen LogP contribution in [-0.2, 0) is 11.8 Å². The zero-order valence-electron chi connectivity index (χ0n) is 14.5. The molecule has 6 nitrogen and oxygen atoms in total. The van der Waals surface area contributed by atoms with Gasteiger partial charge in [-0.05, 0) is 44.1 Å². The summed E-state index contributed by atoms with van der Waals surface area (Å²) in [6.45, 7) is 9.02. The fourth-order valence-corrected chi connectivity index (χ4v) is 2.09. The number of aryl methyl sites for hydroxylation is 1. The monoisotopic (exact) mass is 325 g/mol. The molecule has 1 aromatic heterocycles. The van der Waals surface area contributed by atoms with Gasteiger partial charge >= 0.3 is 0 Å². The highest BCUT2D eigenvalue weighted by Crippen LogP contribution is 2.21. The zero-order chi connectivity index (χ0) is 18.4. The molecule has 0 bridgehead atoms. The number of hydrogen-bond donors (Lipinski definition) is 3. The van der Waals surface area contributed by atoms with Gasteiger partial charge in [0.25, 0.3) is 0 Å². The number of hydrogen-bond acceptors (Lipinski definition) is 4. The molecule has 0 aliphatic carbocycles. The molecule has 0 unspecified atom stereocenters. The second-order valence-corrected chi connectivity index (χ2v) is 5.52. The molecule has 0 saturated heterocycles. The van der Waals surface area contributed by atoms with Crippen LogP contribution in [0.3, 0.4) is 0 Å². The van der Waals surface area contributed by atoms with Crippen LogP contribution >= 0.6 is 0 Å². The smallest absolute Gasteiger partial charge is 0.248 e. The number of carbonyl (C=O) groups excluding carboxylic acids is 1. The summed E-state index contributed by atoms with van der Waals surface area (Å²) in [6.07, 6.45) is 7.92. The van der Waals surface area contributed by atoms with E-state index in [0.29, 0.717) is 17.1 Å². The van der Waals surface area contributed by atoms with Gasteiger partial charge in [-0.2, -0.15) is 0 Å². The molecular formula is C18H23N5O. The van der Waals surface area contributed by atoms with Gasteiger partial charge in [0.2, 0.25) is 5.91 Å². The lowest BCUT2D eigenvalue weighted by atomic mass is 10.1. The fraction of sp³-hybridized carbons (Fsp3) is 0.222. The van der Waals surface area contributed by atoms with E-state index in [1.54, 1.807) is 19.1 Å². The highest BCUT2D eigenvalue weighted by Gasteiger charge is 2.11. The number of allylic oxidation sites excluding steroid dienone is 5. The normalized spacial score (nSPS) is 12.9. The molecule has 1 rings (SSSR count). The maximum atomic E-state index is 11.0. The highest BCUT2D eigenvalue weighted by atomic mass is 16.1. The molecule has 0 fully saturated rings. The Morgan fingerprint density at radius 2 is 1.96 bits per heavy atom. The Bertz CT molecular complexity index is 790. The maximum absolute atomic E-state index is 11.0. The Morgan fingerprint density at radius 1 is 1.33 bits per heavy atom. The molecule has 6 heteroatoms. The van der Waals surface area contributed by atoms with Gasteiger partial charge in [0.1, 0.15) is 5.82 Å². The number of imidazole rings is 1. The average Bonchev–Trinajstić information content (AvgIpc) is 2.88. The lowest BCUT2D eigenvalue weighted by molar-refractivity contribution is -0.114. The van der Waals surface area contributed by atoms with Crippen LogP contribution in [0.15, 0.2) is 42.2 Å². The van der Waals surface area contributed by atoms with E-state index >= 15 is 0 Å². The summed E-state index contributed by atoms with van der Waals surface area (Å²) >= 11 is 0. The van der Waals surface area contributed by atoms with E-state index in [2.05, 4.69) is 11.6 Å². The first-order valence-electron chi connectivity index (χ1n) is 7.33. The fourth-order valence-electron chi connectivity index (χ4n) is 2.09. The molecule has 24 heavy (non-hydrogen) atoms. The average molecular weight is 325 g/mol. The maximum Gasteiger partial charge on any atom is 0.248 e. The van der Waals surface area contributed by atoms with E-state index in [4.69, 9.17) is 16.6 Å². The second-order valence-electron chi connectivity index (χ2n) is 5.52. The Hall–Kier alpha value is -3.02. The van der Waals surface area contributed by atoms with Crippen molar-refractivity contribution in [2.24, 2.45) is 12.8 Å². The van der Waals surface area contributed by atoms with Crippen molar-refractivity contribution in [1.29, 1.82) is 10.8 Å². The topological polar surface area (TPSA) is 109 Å². The predicted molar refractivity (Wildman–Crippen MR) is 99.1 cm³/mol. The van der Waals surface area contributed by atoms with Crippen molar-refractivity contribution >= 4 is 29.0 Å². The quantitative estimate of drug-likeness (QED) is 0.407. The number of carbonyl (C=O) groups is 1. The van der Waals surface area contributed by atoms with Crippen LogP contribution in [0.1, 0.15) is 32.3 Å². The van der Waals surface area contributed by atoms with E-state index < -0.39 is 5.91 Å². The first-order chi connectivity index (χ1) is 11.2. The summed E-state index contributed by atoms with van der Waals surface area (Å²) in [5.41, 5.74) is 8.83. The van der Waals surface area contributed by atoms with Gasteiger partial charge < -0.3 is 21.1 Å². The highest BCUT2D eigenvalue weighted by molar-refractivity contribution is 5.97. The van der Waals surface area contributed by atoms with E-state index in [1.165, 1.54) is 12.3 Å². The summed E-state index contributed by atoms with van der Waals surface area (Å²) in [6, 6.07) is 0. The van der Waals surface area contributed by atoms with Crippen molar-refractivity contribution in [3.05, 3.63) is 53.7 Å². The van der Waals surface area contributed by atoms with Crippen LogP contribution in [0.25, 0.3) is 11.1 Å². The standard InChI is InChI=1S/C18H23N5O/c1-11(17(21)24)6-7-15(9-19)14(4)18-22-16(10-23(18)5)12(2)8-13(3)20/h6-10,19-20H,1H2,2-5H3,(H2,21,24)/b7-6-,12-8+,15-14-,19-9?,20-13?. The molecule has 4 N–H and O–H groups in total. The van der Waals surface area contributed by atoms with Crippen molar-refractivity contribution in [3.8, 4) is 0 Å². The van der Waals surface area contributed by atoms with Crippen LogP contribution in [0.4, 0.5) is 0 Å². The first kappa shape index (κ1) is 19.0. The van der Waals surface area contributed by atoms with Crippen molar-refractivity contribution < 1.29 is 4.79 Å². The van der Waals surface area contributed by atoms with Gasteiger partial charge in [-0.15, -0.1) is 0 Å². The summed E-state index contributed by atoms with van der Waals surface area (Å²) in [5.74, 6) is 0.100. The van der Waals surface area contributed by atoms with E-state index in [-0.39, 0.29) is 5.57 Å². The van der Waals surface area contributed by atoms with Crippen LogP contribution in [0.5, 0.6) is 0 Å². The van der Waals surface area contributed by atoms with Crippen molar-refractivity contribution in [2.45, 2.75) is 20.8 Å². The Labute approximate surface area is 142 Å². The number of aromatic nitrogens is 2. The molecule has 0 aliphatic rings. The van der Waals surface area contributed by atoms with Crippen LogP contribution < -0.4 is 5.73 Å². The molecule has 0 saturated carbocycles. The molecular weight excluding hydrogens is 302 g/mol. The summed E-state index contributed by atoms with van der Waals surface area (Å²) in [7, 11) is 1.87. The molecule has 0 aliphatic heterocycles. The number of nitrogens with two attached hydrogens (primary N) is 1. The Kier molecular flexibility index (Phi) is 6.35. The third-order valence-corrected chi connectivity index (χ3v) is 3.42. The Morgan fingerprint density at radius 3 is 2.46 bits per heavy atom. The minimum Gasteiger partial charge on any atom is -0.366 e. The van der Waals surface area contributed by atoms with Gasteiger partial charge in [-0.1, -0.05) is 12.7 Å². The number of amides is 1. The molecule has 0 spiro atoms. The van der Waals surface area contributed by atoms with Gasteiger partial charge in [0.05, 0.1) is 5.69 Å². The van der Waals surface area contributed by atoms with Crippen molar-refractivity contribution in [1.82, 2.24) is 9.55 Å². The molecule has 1 heterocycles. The van der Waals surface area contributed by atoms with Crippen LogP contribution in [-0.4, -0.2) is 27.4 Å². The SMILES string of the molecule is C=C(/C=C\C(C=N)=C(/C)c1nc(/C(C)=C/C(C)=N)cn1C)C(N)=O. The minimum atomic E-state index is -0.602. The summed E-state index contributed by atoms with van der Waals surface area (Å²) in [4.78, 5) is 15.6. The third kappa shape index (κ3) is 4.74. The lowest BCUT2D eigenvalue weighted by Gasteiger charge is -2.04. The molecule has 0 radical (unpaired) electrons. The number of rotatable bonds is 7. The number of nitrogens with one attached hydrogen (secondary N) is 2. The number of nitrogens with zero attached hydrogens (tertiary/aromatic N) is 2. The molecule has 0 atom stereocenters. The van der Waals surface area contributed by atoms with Crippen LogP contribution in [0, 0.1) is 10.8 Å². The van der Waals surface area contributed by atoms with E-state index in [0.717, 1.165) is 16.8 Å². The molecule has 1 aromatic rings. The summed E-state index contributed by atoms with van der Waals surface area (Å²) in [5, 5.41) is 15.1. The van der Waals surface area contributed by atoms with Crippen molar-refractivity contribution in [2.75, 3.05) is 0 Å². The lowest BCUT2D eigenvalue weighted by Crippen LogP contribution is -2.11.